The van der Waals surface area contributed by atoms with E-state index in [1.807, 2.05) is 45.0 Å². The number of benzene rings is 1. The molecular weight excluding hydrogens is 274 g/mol. The number of hydrogen-bond donors (Lipinski definition) is 2. The van der Waals surface area contributed by atoms with Gasteiger partial charge in [-0.15, -0.1) is 0 Å². The van der Waals surface area contributed by atoms with Gasteiger partial charge in [-0.2, -0.15) is 0 Å². The van der Waals surface area contributed by atoms with E-state index in [4.69, 9.17) is 17.1 Å². The van der Waals surface area contributed by atoms with Crippen molar-refractivity contribution >= 4 is 34.6 Å². The Morgan fingerprint density at radius 1 is 1.25 bits per heavy atom. The molecule has 1 amide bonds. The lowest BCUT2D eigenvalue weighted by molar-refractivity contribution is -0.123. The van der Waals surface area contributed by atoms with Crippen LogP contribution in [0.3, 0.4) is 0 Å². The molecule has 0 aliphatic heterocycles. The highest BCUT2D eigenvalue weighted by Crippen LogP contribution is 2.20. The van der Waals surface area contributed by atoms with Gasteiger partial charge in [0, 0.05) is 23.8 Å². The molecule has 0 saturated carbocycles. The molecule has 0 unspecified atom stereocenters. The number of anilines is 2. The third kappa shape index (κ3) is 4.79. The van der Waals surface area contributed by atoms with Crippen LogP contribution in [0.25, 0.3) is 0 Å². The minimum absolute atomic E-state index is 0.0359. The van der Waals surface area contributed by atoms with E-state index in [0.29, 0.717) is 5.11 Å². The van der Waals surface area contributed by atoms with Crippen molar-refractivity contribution in [2.45, 2.75) is 20.8 Å². The molecule has 0 heterocycles. The number of nitrogens with zero attached hydrogens (tertiary/aromatic N) is 1. The maximum Gasteiger partial charge on any atom is 0.229 e. The van der Waals surface area contributed by atoms with Gasteiger partial charge in [0.05, 0.1) is 7.11 Å². The molecule has 20 heavy (non-hydrogen) atoms. The van der Waals surface area contributed by atoms with Crippen LogP contribution in [0.15, 0.2) is 24.3 Å². The molecule has 0 fully saturated rings. The van der Waals surface area contributed by atoms with Gasteiger partial charge in [0.2, 0.25) is 5.91 Å². The zero-order chi connectivity index (χ0) is 15.3. The molecule has 6 heteroatoms. The summed E-state index contributed by atoms with van der Waals surface area (Å²) < 4.78 is 0. The van der Waals surface area contributed by atoms with Crippen molar-refractivity contribution in [3.05, 3.63) is 24.3 Å². The lowest BCUT2D eigenvalue weighted by Crippen LogP contribution is -2.30. The first-order valence-corrected chi connectivity index (χ1v) is 6.65. The quantitative estimate of drug-likeness (QED) is 0.663. The van der Waals surface area contributed by atoms with E-state index in [1.165, 1.54) is 12.2 Å². The molecule has 0 atom stereocenters. The zero-order valence-electron chi connectivity index (χ0n) is 12.5. The van der Waals surface area contributed by atoms with Crippen molar-refractivity contribution in [2.75, 3.05) is 24.8 Å². The number of hydrogen-bond acceptors (Lipinski definition) is 3. The highest BCUT2D eigenvalue weighted by Gasteiger charge is 2.21. The summed E-state index contributed by atoms with van der Waals surface area (Å²) in [6.07, 6.45) is 0. The molecule has 0 radical (unpaired) electrons. The summed E-state index contributed by atoms with van der Waals surface area (Å²) in [5, 5.41) is 7.77. The number of rotatable bonds is 3. The standard InChI is InChI=1S/C14H21N3O2S/c1-14(2,3)12(18)15-10-7-6-8-11(9-10)16-13(20)17(4)19-5/h6-9H,1-5H3,(H,15,18)(H,16,20). The maximum absolute atomic E-state index is 11.9. The normalized spacial score (nSPS) is 10.8. The molecular formula is C14H21N3O2S. The smallest absolute Gasteiger partial charge is 0.229 e. The Kier molecular flexibility index (Phi) is 5.47. The van der Waals surface area contributed by atoms with Crippen LogP contribution in [0.1, 0.15) is 20.8 Å². The van der Waals surface area contributed by atoms with Gasteiger partial charge < -0.3 is 10.6 Å². The molecule has 0 aliphatic rings. The van der Waals surface area contributed by atoms with Crippen LogP contribution in [-0.4, -0.2) is 30.2 Å². The molecule has 1 aromatic rings. The summed E-state index contributed by atoms with van der Waals surface area (Å²) in [5.41, 5.74) is 1.07. The largest absolute Gasteiger partial charge is 0.331 e. The minimum Gasteiger partial charge on any atom is -0.331 e. The van der Waals surface area contributed by atoms with Crippen molar-refractivity contribution < 1.29 is 9.63 Å². The molecule has 0 bridgehead atoms. The van der Waals surface area contributed by atoms with Crippen LogP contribution in [0, 0.1) is 5.41 Å². The van der Waals surface area contributed by atoms with Crippen molar-refractivity contribution in [3.8, 4) is 0 Å². The fourth-order valence-corrected chi connectivity index (χ4v) is 1.47. The second-order valence-electron chi connectivity index (χ2n) is 5.40. The van der Waals surface area contributed by atoms with Gasteiger partial charge in [-0.05, 0) is 30.4 Å². The minimum atomic E-state index is -0.436. The first kappa shape index (κ1) is 16.4. The van der Waals surface area contributed by atoms with Crippen LogP contribution in [0.2, 0.25) is 0 Å². The van der Waals surface area contributed by atoms with Crippen molar-refractivity contribution in [1.82, 2.24) is 5.06 Å². The molecule has 1 aromatic carbocycles. The highest BCUT2D eigenvalue weighted by molar-refractivity contribution is 7.80. The molecule has 0 aliphatic carbocycles. The van der Waals surface area contributed by atoms with Crippen molar-refractivity contribution in [2.24, 2.45) is 5.41 Å². The number of nitrogens with one attached hydrogen (secondary N) is 2. The van der Waals surface area contributed by atoms with Gasteiger partial charge in [-0.1, -0.05) is 26.8 Å². The number of thiocarbonyl (C=S) groups is 1. The van der Waals surface area contributed by atoms with Gasteiger partial charge in [-0.25, -0.2) is 5.06 Å². The van der Waals surface area contributed by atoms with E-state index >= 15 is 0 Å². The second kappa shape index (κ2) is 6.67. The van der Waals surface area contributed by atoms with Gasteiger partial charge in [0.15, 0.2) is 5.11 Å². The van der Waals surface area contributed by atoms with Gasteiger partial charge in [-0.3, -0.25) is 9.63 Å². The number of carbonyl (C=O) groups is 1. The highest BCUT2D eigenvalue weighted by atomic mass is 32.1. The fourth-order valence-electron chi connectivity index (χ4n) is 1.28. The first-order valence-electron chi connectivity index (χ1n) is 6.24. The molecule has 0 saturated heterocycles. The second-order valence-corrected chi connectivity index (χ2v) is 5.78. The summed E-state index contributed by atoms with van der Waals surface area (Å²) in [5.74, 6) is -0.0359. The molecule has 5 nitrogen and oxygen atoms in total. The van der Waals surface area contributed by atoms with Crippen LogP contribution < -0.4 is 10.6 Å². The Balaban J connectivity index is 2.76. The summed E-state index contributed by atoms with van der Waals surface area (Å²) in [4.78, 5) is 16.9. The van der Waals surface area contributed by atoms with Gasteiger partial charge >= 0.3 is 0 Å². The van der Waals surface area contributed by atoms with Crippen molar-refractivity contribution in [1.29, 1.82) is 0 Å². The average Bonchev–Trinajstić information content (AvgIpc) is 2.37. The fraction of sp³-hybridized carbons (Fsp3) is 0.429. The van der Waals surface area contributed by atoms with E-state index < -0.39 is 5.41 Å². The van der Waals surface area contributed by atoms with Crippen LogP contribution in [0.5, 0.6) is 0 Å². The Bertz CT molecular complexity index is 497. The summed E-state index contributed by atoms with van der Waals surface area (Å²) in [7, 11) is 3.24. The van der Waals surface area contributed by atoms with E-state index in [0.717, 1.165) is 11.4 Å². The van der Waals surface area contributed by atoms with E-state index in [2.05, 4.69) is 10.6 Å². The molecule has 110 valence electrons. The Labute approximate surface area is 125 Å². The van der Waals surface area contributed by atoms with Gasteiger partial charge in [0.1, 0.15) is 0 Å². The Hall–Kier alpha value is -1.66. The zero-order valence-corrected chi connectivity index (χ0v) is 13.3. The summed E-state index contributed by atoms with van der Waals surface area (Å²) >= 11 is 5.15. The lowest BCUT2D eigenvalue weighted by Gasteiger charge is -2.19. The number of amides is 1. The molecule has 1 rings (SSSR count). The van der Waals surface area contributed by atoms with E-state index in [1.54, 1.807) is 7.05 Å². The van der Waals surface area contributed by atoms with Crippen LogP contribution in [-0.2, 0) is 9.63 Å². The SMILES string of the molecule is CON(C)C(=S)Nc1cccc(NC(=O)C(C)(C)C)c1. The third-order valence-corrected chi connectivity index (χ3v) is 2.97. The summed E-state index contributed by atoms with van der Waals surface area (Å²) in [6, 6.07) is 7.36. The van der Waals surface area contributed by atoms with Crippen LogP contribution in [0.4, 0.5) is 11.4 Å². The molecule has 2 N–H and O–H groups in total. The molecule has 0 aromatic heterocycles. The van der Waals surface area contributed by atoms with E-state index in [9.17, 15) is 4.79 Å². The topological polar surface area (TPSA) is 53.6 Å². The number of carbonyl (C=O) groups excluding carboxylic acids is 1. The van der Waals surface area contributed by atoms with Crippen molar-refractivity contribution in [3.63, 3.8) is 0 Å². The summed E-state index contributed by atoms with van der Waals surface area (Å²) in [6.45, 7) is 5.60. The lowest BCUT2D eigenvalue weighted by atomic mass is 9.95. The average molecular weight is 295 g/mol. The predicted octanol–water partition coefficient (Wildman–Crippen LogP) is 2.86. The molecule has 0 spiro atoms. The first-order chi connectivity index (χ1) is 9.24. The van der Waals surface area contributed by atoms with Gasteiger partial charge in [0.25, 0.3) is 0 Å². The Morgan fingerprint density at radius 3 is 2.30 bits per heavy atom. The number of hydroxylamine groups is 2. The predicted molar refractivity (Wildman–Crippen MR) is 85.5 cm³/mol. The monoisotopic (exact) mass is 295 g/mol. The van der Waals surface area contributed by atoms with E-state index in [-0.39, 0.29) is 5.91 Å². The Morgan fingerprint density at radius 2 is 1.80 bits per heavy atom. The third-order valence-electron chi connectivity index (χ3n) is 2.61. The van der Waals surface area contributed by atoms with Crippen LogP contribution >= 0.6 is 12.2 Å². The maximum atomic E-state index is 11.9.